The Kier molecular flexibility index (Phi) is 4.57. The van der Waals surface area contributed by atoms with Gasteiger partial charge in [0.1, 0.15) is 0 Å². The second kappa shape index (κ2) is 6.67. The Hall–Kier alpha value is -2.69. The molecule has 0 unspecified atom stereocenters. The van der Waals surface area contributed by atoms with Gasteiger partial charge in [-0.3, -0.25) is 9.48 Å². The smallest absolute Gasteiger partial charge is 0.256 e. The summed E-state index contributed by atoms with van der Waals surface area (Å²) >= 11 is 0. The fraction of sp³-hybridized carbons (Fsp3) is 0.350. The number of carbonyl (C=O) groups is 1. The van der Waals surface area contributed by atoms with E-state index >= 15 is 0 Å². The summed E-state index contributed by atoms with van der Waals surface area (Å²) < 4.78 is 1.73. The third-order valence-corrected chi connectivity index (χ3v) is 4.58. The number of hydrogen-bond acceptors (Lipinski definition) is 3. The molecular weight excluding hydrogens is 312 g/mol. The van der Waals surface area contributed by atoms with Crippen molar-refractivity contribution in [2.24, 2.45) is 7.05 Å². The molecule has 130 valence electrons. The van der Waals surface area contributed by atoms with Crippen molar-refractivity contribution in [1.82, 2.24) is 14.8 Å². The molecule has 2 heterocycles. The first-order chi connectivity index (χ1) is 12.0. The summed E-state index contributed by atoms with van der Waals surface area (Å²) in [7, 11) is 1.85. The third-order valence-electron chi connectivity index (χ3n) is 4.58. The number of hydrogen-bond donors (Lipinski definition) is 1. The van der Waals surface area contributed by atoms with E-state index < -0.39 is 0 Å². The number of aromatic nitrogens is 3. The van der Waals surface area contributed by atoms with E-state index in [0.29, 0.717) is 5.56 Å². The Labute approximate surface area is 148 Å². The lowest BCUT2D eigenvalue weighted by Gasteiger charge is -2.15. The predicted octanol–water partition coefficient (Wildman–Crippen LogP) is 3.96. The molecule has 0 bridgehead atoms. The highest BCUT2D eigenvalue weighted by molar-refractivity contribution is 6.13. The van der Waals surface area contributed by atoms with E-state index in [0.717, 1.165) is 52.1 Å². The summed E-state index contributed by atoms with van der Waals surface area (Å²) in [5, 5.41) is 8.39. The highest BCUT2D eigenvalue weighted by Crippen LogP contribution is 2.26. The van der Waals surface area contributed by atoms with Gasteiger partial charge in [-0.05, 0) is 43.9 Å². The molecule has 25 heavy (non-hydrogen) atoms. The van der Waals surface area contributed by atoms with Crippen molar-refractivity contribution in [2.75, 3.05) is 5.32 Å². The molecule has 5 heteroatoms. The second-order valence-electron chi connectivity index (χ2n) is 6.33. The van der Waals surface area contributed by atoms with Gasteiger partial charge in [0.15, 0.2) is 5.65 Å². The summed E-state index contributed by atoms with van der Waals surface area (Å²) in [4.78, 5) is 17.6. The Balaban J connectivity index is 2.11. The molecular formula is C20H24N4O. The fourth-order valence-electron chi connectivity index (χ4n) is 3.33. The van der Waals surface area contributed by atoms with Crippen molar-refractivity contribution >= 4 is 22.6 Å². The van der Waals surface area contributed by atoms with Crippen molar-refractivity contribution < 1.29 is 4.79 Å². The first-order valence-electron chi connectivity index (χ1n) is 8.69. The number of rotatable bonds is 4. The van der Waals surface area contributed by atoms with E-state index in [4.69, 9.17) is 0 Å². The molecule has 0 aliphatic rings. The minimum absolute atomic E-state index is 0.109. The molecule has 0 aliphatic heterocycles. The van der Waals surface area contributed by atoms with E-state index in [9.17, 15) is 4.79 Å². The zero-order valence-electron chi connectivity index (χ0n) is 15.5. The lowest BCUT2D eigenvalue weighted by Crippen LogP contribution is -2.16. The predicted molar refractivity (Wildman–Crippen MR) is 101 cm³/mol. The number of benzene rings is 1. The first-order valence-corrected chi connectivity index (χ1v) is 8.69. The number of para-hydroxylation sites is 1. The van der Waals surface area contributed by atoms with Gasteiger partial charge in [0, 0.05) is 18.4 Å². The van der Waals surface area contributed by atoms with Gasteiger partial charge in [0.25, 0.3) is 5.91 Å². The maximum absolute atomic E-state index is 13.1. The number of nitrogens with zero attached hydrogens (tertiary/aromatic N) is 3. The van der Waals surface area contributed by atoms with Crippen LogP contribution in [0.2, 0.25) is 0 Å². The normalized spacial score (nSPS) is 11.1. The molecule has 0 fully saturated rings. The Morgan fingerprint density at radius 2 is 1.80 bits per heavy atom. The van der Waals surface area contributed by atoms with Crippen molar-refractivity contribution in [1.29, 1.82) is 0 Å². The minimum Gasteiger partial charge on any atom is -0.321 e. The van der Waals surface area contributed by atoms with Crippen LogP contribution >= 0.6 is 0 Å². The van der Waals surface area contributed by atoms with Crippen LogP contribution in [0.15, 0.2) is 24.3 Å². The van der Waals surface area contributed by atoms with Crippen LogP contribution in [-0.2, 0) is 19.9 Å². The van der Waals surface area contributed by atoms with Gasteiger partial charge in [-0.25, -0.2) is 4.98 Å². The highest BCUT2D eigenvalue weighted by Gasteiger charge is 2.19. The number of pyridine rings is 1. The summed E-state index contributed by atoms with van der Waals surface area (Å²) in [6, 6.07) is 8.02. The van der Waals surface area contributed by atoms with Crippen LogP contribution in [0.3, 0.4) is 0 Å². The van der Waals surface area contributed by atoms with Gasteiger partial charge >= 0.3 is 0 Å². The second-order valence-corrected chi connectivity index (χ2v) is 6.33. The molecule has 1 N–H and O–H groups in total. The molecule has 1 aromatic carbocycles. The lowest BCUT2D eigenvalue weighted by molar-refractivity contribution is 0.102. The van der Waals surface area contributed by atoms with Gasteiger partial charge < -0.3 is 5.32 Å². The molecule has 0 saturated carbocycles. The highest BCUT2D eigenvalue weighted by atomic mass is 16.1. The van der Waals surface area contributed by atoms with Gasteiger partial charge in [-0.1, -0.05) is 32.0 Å². The third kappa shape index (κ3) is 3.02. The van der Waals surface area contributed by atoms with Gasteiger partial charge in [0.05, 0.1) is 16.6 Å². The topological polar surface area (TPSA) is 59.8 Å². The van der Waals surface area contributed by atoms with Crippen LogP contribution in [0.4, 0.5) is 5.69 Å². The monoisotopic (exact) mass is 336 g/mol. The number of amides is 1. The lowest BCUT2D eigenvalue weighted by atomic mass is 10.0. The van der Waals surface area contributed by atoms with Crippen LogP contribution < -0.4 is 5.32 Å². The molecule has 2 aromatic heterocycles. The summed E-state index contributed by atoms with van der Waals surface area (Å²) in [6.07, 6.45) is 1.75. The molecule has 0 radical (unpaired) electrons. The molecule has 5 nitrogen and oxygen atoms in total. The van der Waals surface area contributed by atoms with E-state index in [1.165, 1.54) is 0 Å². The van der Waals surface area contributed by atoms with E-state index in [2.05, 4.69) is 41.4 Å². The summed E-state index contributed by atoms with van der Waals surface area (Å²) in [6.45, 7) is 8.01. The summed E-state index contributed by atoms with van der Waals surface area (Å²) in [5.41, 5.74) is 6.22. The number of nitrogens with one attached hydrogen (secondary N) is 1. The number of fused-ring (bicyclic) bond motifs is 1. The van der Waals surface area contributed by atoms with Gasteiger partial charge in [-0.2, -0.15) is 5.10 Å². The van der Waals surface area contributed by atoms with Crippen LogP contribution in [0.5, 0.6) is 0 Å². The van der Waals surface area contributed by atoms with Crippen molar-refractivity contribution in [3.05, 3.63) is 52.3 Å². The number of aryl methyl sites for hydroxylation is 5. The maximum Gasteiger partial charge on any atom is 0.256 e. The zero-order chi connectivity index (χ0) is 18.1. The van der Waals surface area contributed by atoms with Crippen molar-refractivity contribution in [2.45, 2.75) is 40.5 Å². The van der Waals surface area contributed by atoms with Crippen LogP contribution in [0, 0.1) is 13.8 Å². The molecule has 1 amide bonds. The standard InChI is InChI=1S/C20H24N4O/c1-6-14-9-8-10-15(7-2)18(14)22-20(25)16-11-12(3)21-19-17(16)13(4)23-24(19)5/h8-11H,6-7H2,1-5H3,(H,22,25). The van der Waals surface area contributed by atoms with Crippen molar-refractivity contribution in [3.8, 4) is 0 Å². The Morgan fingerprint density at radius 1 is 1.16 bits per heavy atom. The van der Waals surface area contributed by atoms with E-state index in [-0.39, 0.29) is 5.91 Å². The average molecular weight is 336 g/mol. The zero-order valence-corrected chi connectivity index (χ0v) is 15.5. The SMILES string of the molecule is CCc1cccc(CC)c1NC(=O)c1cc(C)nc2c1c(C)nn2C. The Morgan fingerprint density at radius 3 is 2.40 bits per heavy atom. The minimum atomic E-state index is -0.109. The van der Waals surface area contributed by atoms with Gasteiger partial charge in [0.2, 0.25) is 0 Å². The summed E-state index contributed by atoms with van der Waals surface area (Å²) in [5.74, 6) is -0.109. The molecule has 3 aromatic rings. The molecule has 0 spiro atoms. The number of carbonyl (C=O) groups excluding carboxylic acids is 1. The maximum atomic E-state index is 13.1. The Bertz CT molecular complexity index is 934. The quantitative estimate of drug-likeness (QED) is 0.784. The van der Waals surface area contributed by atoms with Crippen molar-refractivity contribution in [3.63, 3.8) is 0 Å². The largest absolute Gasteiger partial charge is 0.321 e. The van der Waals surface area contributed by atoms with Crippen LogP contribution in [0.25, 0.3) is 11.0 Å². The van der Waals surface area contributed by atoms with Crippen LogP contribution in [0.1, 0.15) is 46.7 Å². The molecule has 0 atom stereocenters. The first kappa shape index (κ1) is 17.1. The van der Waals surface area contributed by atoms with Crippen LogP contribution in [-0.4, -0.2) is 20.7 Å². The molecule has 0 saturated heterocycles. The molecule has 3 rings (SSSR count). The fourth-order valence-corrected chi connectivity index (χ4v) is 3.33. The average Bonchev–Trinajstić information content (AvgIpc) is 2.88. The number of anilines is 1. The molecule has 0 aliphatic carbocycles. The van der Waals surface area contributed by atoms with E-state index in [1.807, 2.05) is 33.0 Å². The van der Waals surface area contributed by atoms with Gasteiger partial charge in [-0.15, -0.1) is 0 Å². The van der Waals surface area contributed by atoms with E-state index in [1.54, 1.807) is 4.68 Å².